The Morgan fingerprint density at radius 2 is 1.74 bits per heavy atom. The number of alkyl carbamates (subject to hydrolysis) is 1. The Kier molecular flexibility index (Phi) is 8.30. The van der Waals surface area contributed by atoms with Crippen LogP contribution in [-0.2, 0) is 19.1 Å². The number of hydrogen-bond donors (Lipinski definition) is 3. The van der Waals surface area contributed by atoms with Gasteiger partial charge in [-0.25, -0.2) is 9.59 Å². The van der Waals surface area contributed by atoms with E-state index in [0.717, 1.165) is 11.1 Å². The minimum atomic E-state index is -1.06. The summed E-state index contributed by atoms with van der Waals surface area (Å²) in [6.07, 6.45) is 1.70. The third kappa shape index (κ3) is 5.97. The molecule has 1 aliphatic carbocycles. The third-order valence-corrected chi connectivity index (χ3v) is 7.09. The number of aliphatic carboxylic acids is 1. The zero-order valence-electron chi connectivity index (χ0n) is 19.6. The number of carboxylic acid groups (broad SMARTS) is 1. The highest BCUT2D eigenvalue weighted by molar-refractivity contribution is 7.98. The van der Waals surface area contributed by atoms with Crippen LogP contribution in [0.25, 0.3) is 11.1 Å². The van der Waals surface area contributed by atoms with Gasteiger partial charge in [0.15, 0.2) is 0 Å². The number of hydrogen-bond acceptors (Lipinski definition) is 6. The number of carbonyl (C=O) groups excluding carboxylic acids is 2. The van der Waals surface area contributed by atoms with E-state index in [1.807, 2.05) is 30.5 Å². The average molecular weight is 499 g/mol. The lowest BCUT2D eigenvalue weighted by Crippen LogP contribution is -2.46. The van der Waals surface area contributed by atoms with Gasteiger partial charge in [0.2, 0.25) is 5.91 Å². The second-order valence-corrected chi connectivity index (χ2v) is 9.70. The van der Waals surface area contributed by atoms with E-state index in [-0.39, 0.29) is 25.2 Å². The second kappa shape index (κ2) is 11.6. The molecule has 0 aromatic heterocycles. The summed E-state index contributed by atoms with van der Waals surface area (Å²) in [5, 5.41) is 14.6. The Morgan fingerprint density at radius 1 is 1.09 bits per heavy atom. The van der Waals surface area contributed by atoms with Crippen molar-refractivity contribution < 1.29 is 29.0 Å². The number of carboxylic acids is 1. The number of carbonyl (C=O) groups is 3. The molecule has 2 aromatic carbocycles. The van der Waals surface area contributed by atoms with Crippen LogP contribution in [0, 0.1) is 0 Å². The van der Waals surface area contributed by atoms with Crippen LogP contribution in [0.4, 0.5) is 4.79 Å². The van der Waals surface area contributed by atoms with Gasteiger partial charge in [-0.05, 0) is 53.5 Å². The molecule has 35 heavy (non-hydrogen) atoms. The van der Waals surface area contributed by atoms with Gasteiger partial charge in [0.25, 0.3) is 0 Å². The summed E-state index contributed by atoms with van der Waals surface area (Å²) in [5.74, 6) is -0.867. The van der Waals surface area contributed by atoms with Gasteiger partial charge in [-0.3, -0.25) is 4.79 Å². The maximum absolute atomic E-state index is 12.4. The fourth-order valence-electron chi connectivity index (χ4n) is 4.65. The lowest BCUT2D eigenvalue weighted by molar-refractivity contribution is -0.144. The van der Waals surface area contributed by atoms with E-state index < -0.39 is 30.1 Å². The van der Waals surface area contributed by atoms with Crippen molar-refractivity contribution in [3.8, 4) is 11.1 Å². The van der Waals surface area contributed by atoms with Crippen molar-refractivity contribution in [1.29, 1.82) is 0 Å². The minimum Gasteiger partial charge on any atom is -0.480 e. The summed E-state index contributed by atoms with van der Waals surface area (Å²) < 4.78 is 11.3. The van der Waals surface area contributed by atoms with E-state index in [0.29, 0.717) is 25.0 Å². The molecule has 0 radical (unpaired) electrons. The summed E-state index contributed by atoms with van der Waals surface area (Å²) in [6.45, 7) is 0.443. The first-order valence-electron chi connectivity index (χ1n) is 11.7. The Bertz CT molecular complexity index is 1030. The highest BCUT2D eigenvalue weighted by Crippen LogP contribution is 2.44. The van der Waals surface area contributed by atoms with Gasteiger partial charge < -0.3 is 25.2 Å². The molecule has 0 spiro atoms. The number of fused-ring (bicyclic) bond motifs is 3. The van der Waals surface area contributed by atoms with Gasteiger partial charge in [0.1, 0.15) is 18.8 Å². The zero-order chi connectivity index (χ0) is 24.8. The van der Waals surface area contributed by atoms with Crippen molar-refractivity contribution in [2.45, 2.75) is 43.4 Å². The van der Waals surface area contributed by atoms with Crippen molar-refractivity contribution >= 4 is 29.7 Å². The topological polar surface area (TPSA) is 114 Å². The van der Waals surface area contributed by atoms with Gasteiger partial charge in [-0.1, -0.05) is 48.5 Å². The molecule has 3 N–H and O–H groups in total. The second-order valence-electron chi connectivity index (χ2n) is 8.71. The zero-order valence-corrected chi connectivity index (χ0v) is 20.4. The number of ether oxygens (including phenoxy) is 2. The molecule has 0 saturated carbocycles. The van der Waals surface area contributed by atoms with Gasteiger partial charge in [-0.15, -0.1) is 0 Å². The average Bonchev–Trinajstić information content (AvgIpc) is 3.47. The van der Waals surface area contributed by atoms with Crippen LogP contribution in [0.5, 0.6) is 0 Å². The van der Waals surface area contributed by atoms with Crippen LogP contribution < -0.4 is 10.6 Å². The Hall–Kier alpha value is -3.04. The molecule has 186 valence electrons. The van der Waals surface area contributed by atoms with E-state index in [9.17, 15) is 19.5 Å². The van der Waals surface area contributed by atoms with E-state index in [1.165, 1.54) is 22.9 Å². The largest absolute Gasteiger partial charge is 0.480 e. The molecule has 3 atom stereocenters. The van der Waals surface area contributed by atoms with Crippen molar-refractivity contribution in [1.82, 2.24) is 10.6 Å². The SMILES string of the molecule is CSCC[C@H](NC(=O)C1CCC(CNC(=O)OCC2c3ccccc3-c3ccccc32)O1)C(=O)O. The predicted molar refractivity (Wildman–Crippen MR) is 134 cm³/mol. The lowest BCUT2D eigenvalue weighted by Gasteiger charge is -2.18. The van der Waals surface area contributed by atoms with Crippen LogP contribution in [0.15, 0.2) is 48.5 Å². The molecule has 4 rings (SSSR count). The van der Waals surface area contributed by atoms with Crippen molar-refractivity contribution in [2.75, 3.05) is 25.2 Å². The first-order chi connectivity index (χ1) is 17.0. The predicted octanol–water partition coefficient (Wildman–Crippen LogP) is 3.40. The molecule has 2 aliphatic rings. The normalized spacial score (nSPS) is 19.5. The van der Waals surface area contributed by atoms with Crippen molar-refractivity contribution in [3.63, 3.8) is 0 Å². The van der Waals surface area contributed by atoms with Gasteiger partial charge in [0.05, 0.1) is 6.10 Å². The standard InChI is InChI=1S/C26H30N2O6S/c1-35-13-12-22(25(30)31)28-24(29)23-11-10-16(34-23)14-27-26(32)33-15-21-19-8-4-2-6-17(19)18-7-3-5-9-20(18)21/h2-9,16,21-23H,10-15H2,1H3,(H,27,32)(H,28,29)(H,30,31)/t16?,22-,23?/m0/s1. The molecule has 2 aromatic rings. The van der Waals surface area contributed by atoms with E-state index >= 15 is 0 Å². The molecule has 1 fully saturated rings. The summed E-state index contributed by atoms with van der Waals surface area (Å²) >= 11 is 1.52. The highest BCUT2D eigenvalue weighted by Gasteiger charge is 2.33. The van der Waals surface area contributed by atoms with Crippen LogP contribution in [0.2, 0.25) is 0 Å². The lowest BCUT2D eigenvalue weighted by atomic mass is 9.98. The molecule has 1 aliphatic heterocycles. The first-order valence-corrected chi connectivity index (χ1v) is 13.1. The van der Waals surface area contributed by atoms with Gasteiger partial charge in [-0.2, -0.15) is 11.8 Å². The molecule has 0 bridgehead atoms. The third-order valence-electron chi connectivity index (χ3n) is 6.44. The molecular formula is C26H30N2O6S. The number of rotatable bonds is 10. The summed E-state index contributed by atoms with van der Waals surface area (Å²) in [6, 6.07) is 15.4. The van der Waals surface area contributed by atoms with Crippen LogP contribution in [-0.4, -0.2) is 66.5 Å². The molecule has 8 nitrogen and oxygen atoms in total. The molecule has 1 heterocycles. The number of thioether (sulfide) groups is 1. The monoisotopic (exact) mass is 498 g/mol. The van der Waals surface area contributed by atoms with Crippen molar-refractivity contribution in [2.24, 2.45) is 0 Å². The number of nitrogens with one attached hydrogen (secondary N) is 2. The minimum absolute atomic E-state index is 0.0164. The highest BCUT2D eigenvalue weighted by atomic mass is 32.2. The Balaban J connectivity index is 1.23. The summed E-state index contributed by atoms with van der Waals surface area (Å²) in [5.41, 5.74) is 4.62. The van der Waals surface area contributed by atoms with Gasteiger partial charge >= 0.3 is 12.1 Å². The quantitative estimate of drug-likeness (QED) is 0.460. The van der Waals surface area contributed by atoms with Gasteiger partial charge in [0, 0.05) is 12.5 Å². The van der Waals surface area contributed by atoms with Crippen molar-refractivity contribution in [3.05, 3.63) is 59.7 Å². The van der Waals surface area contributed by atoms with E-state index in [2.05, 4.69) is 34.9 Å². The van der Waals surface area contributed by atoms with Crippen LogP contribution >= 0.6 is 11.8 Å². The van der Waals surface area contributed by atoms with E-state index in [4.69, 9.17) is 9.47 Å². The summed E-state index contributed by atoms with van der Waals surface area (Å²) in [7, 11) is 0. The number of amides is 2. The maximum atomic E-state index is 12.4. The molecule has 2 unspecified atom stereocenters. The van der Waals surface area contributed by atoms with Crippen LogP contribution in [0.3, 0.4) is 0 Å². The fraction of sp³-hybridized carbons (Fsp3) is 0.423. The smallest absolute Gasteiger partial charge is 0.407 e. The van der Waals surface area contributed by atoms with Crippen LogP contribution in [0.1, 0.15) is 36.3 Å². The van der Waals surface area contributed by atoms with E-state index in [1.54, 1.807) is 0 Å². The molecule has 2 amide bonds. The fourth-order valence-corrected chi connectivity index (χ4v) is 5.12. The maximum Gasteiger partial charge on any atom is 0.407 e. The Morgan fingerprint density at radius 3 is 2.37 bits per heavy atom. The molecule has 1 saturated heterocycles. The molecule has 9 heteroatoms. The number of benzene rings is 2. The summed E-state index contributed by atoms with van der Waals surface area (Å²) in [4.78, 5) is 36.2. The molecular weight excluding hydrogens is 468 g/mol. The first kappa shape index (κ1) is 25.1. The Labute approximate surface area is 208 Å².